The summed E-state index contributed by atoms with van der Waals surface area (Å²) in [7, 11) is 0. The molecule has 0 N–H and O–H groups in total. The lowest BCUT2D eigenvalue weighted by molar-refractivity contribution is 0.633. The van der Waals surface area contributed by atoms with Gasteiger partial charge in [-0.15, -0.1) is 0 Å². The molecule has 10 aromatic rings. The van der Waals surface area contributed by atoms with Gasteiger partial charge in [0.2, 0.25) is 0 Å². The molecule has 51 heavy (non-hydrogen) atoms. The molecule has 0 radical (unpaired) electrons. The van der Waals surface area contributed by atoms with Gasteiger partial charge in [-0.05, 0) is 82.8 Å². The van der Waals surface area contributed by atoms with Crippen molar-refractivity contribution < 1.29 is 8.83 Å². The van der Waals surface area contributed by atoms with E-state index in [1.807, 2.05) is 6.07 Å². The van der Waals surface area contributed by atoms with Crippen molar-refractivity contribution in [1.82, 2.24) is 4.57 Å². The number of hydrogen-bond acceptors (Lipinski definition) is 2. The number of aromatic nitrogens is 1. The highest BCUT2D eigenvalue weighted by Gasteiger charge is 2.29. The Balaban J connectivity index is 1.22. The summed E-state index contributed by atoms with van der Waals surface area (Å²) in [4.78, 5) is 0. The average Bonchev–Trinajstić information content (AvgIpc) is 3.88. The number of hydrogen-bond donors (Lipinski definition) is 0. The topological polar surface area (TPSA) is 31.2 Å². The van der Waals surface area contributed by atoms with Crippen LogP contribution in [-0.4, -0.2) is 4.57 Å². The first-order valence-electron chi connectivity index (χ1n) is 17.6. The van der Waals surface area contributed by atoms with E-state index in [1.54, 1.807) is 0 Å². The van der Waals surface area contributed by atoms with Gasteiger partial charge in [0.25, 0.3) is 0 Å². The van der Waals surface area contributed by atoms with Crippen LogP contribution in [0.1, 0.15) is 17.9 Å². The predicted octanol–water partition coefficient (Wildman–Crippen LogP) is 13.5. The molecule has 11 rings (SSSR count). The summed E-state index contributed by atoms with van der Waals surface area (Å²) >= 11 is 0. The monoisotopic (exact) mass is 653 g/mol. The molecule has 240 valence electrons. The molecule has 3 heteroatoms. The molecule has 0 amide bonds. The standard InChI is InChI=1S/C48H31NO2/c1-4-14-30(15-5-1)43-44(31-16-6-2-7-17-31)46-38-29-33(25-27-42(38)51-48(46)47-45(43)36-21-11-13-23-41(36)50-47)32-24-26-40-37(28-32)35-20-10-12-22-39(35)49(40)34-18-8-3-9-19-34/h1-16,18-29,31H,17H2. The lowest BCUT2D eigenvalue weighted by Gasteiger charge is -2.21. The van der Waals surface area contributed by atoms with E-state index in [0.717, 1.165) is 61.5 Å². The second-order valence-electron chi connectivity index (χ2n) is 13.5. The Morgan fingerprint density at radius 1 is 0.490 bits per heavy atom. The van der Waals surface area contributed by atoms with Crippen molar-refractivity contribution in [3.63, 3.8) is 0 Å². The molecular formula is C48H31NO2. The molecule has 0 bridgehead atoms. The molecule has 1 aliphatic rings. The number of nitrogens with zero attached hydrogens (tertiary/aromatic N) is 1. The first kappa shape index (κ1) is 28.3. The zero-order valence-electron chi connectivity index (χ0n) is 27.7. The molecular weight excluding hydrogens is 623 g/mol. The maximum Gasteiger partial charge on any atom is 0.179 e. The van der Waals surface area contributed by atoms with Gasteiger partial charge >= 0.3 is 0 Å². The molecule has 0 aliphatic heterocycles. The smallest absolute Gasteiger partial charge is 0.179 e. The first-order chi connectivity index (χ1) is 25.3. The zero-order valence-corrected chi connectivity index (χ0v) is 27.7. The van der Waals surface area contributed by atoms with Crippen LogP contribution < -0.4 is 0 Å². The van der Waals surface area contributed by atoms with Crippen molar-refractivity contribution in [2.45, 2.75) is 12.3 Å². The van der Waals surface area contributed by atoms with Crippen molar-refractivity contribution in [2.24, 2.45) is 0 Å². The summed E-state index contributed by atoms with van der Waals surface area (Å²) in [6.07, 6.45) is 9.87. The van der Waals surface area contributed by atoms with Gasteiger partial charge in [0.15, 0.2) is 11.2 Å². The van der Waals surface area contributed by atoms with Crippen molar-refractivity contribution >= 4 is 65.7 Å². The van der Waals surface area contributed by atoms with Gasteiger partial charge in [0, 0.05) is 43.9 Å². The van der Waals surface area contributed by atoms with E-state index in [1.165, 1.54) is 44.1 Å². The molecule has 0 saturated heterocycles. The largest absolute Gasteiger partial charge is 0.452 e. The predicted molar refractivity (Wildman–Crippen MR) is 212 cm³/mol. The van der Waals surface area contributed by atoms with Crippen LogP contribution in [0, 0.1) is 0 Å². The van der Waals surface area contributed by atoms with Crippen LogP contribution >= 0.6 is 0 Å². The van der Waals surface area contributed by atoms with Crippen LogP contribution in [0.5, 0.6) is 0 Å². The Hall–Kier alpha value is -6.58. The van der Waals surface area contributed by atoms with Crippen LogP contribution in [0.3, 0.4) is 0 Å². The minimum absolute atomic E-state index is 0.177. The normalized spacial score (nSPS) is 14.6. The number of fused-ring (bicyclic) bond motifs is 10. The van der Waals surface area contributed by atoms with Gasteiger partial charge in [0.05, 0.1) is 11.0 Å². The van der Waals surface area contributed by atoms with Gasteiger partial charge in [0.1, 0.15) is 11.2 Å². The van der Waals surface area contributed by atoms with Crippen LogP contribution in [0.15, 0.2) is 179 Å². The number of para-hydroxylation sites is 3. The third-order valence-electron chi connectivity index (χ3n) is 10.7. The number of allylic oxidation sites excluding steroid dienone is 4. The van der Waals surface area contributed by atoms with Crippen molar-refractivity contribution in [1.29, 1.82) is 0 Å². The summed E-state index contributed by atoms with van der Waals surface area (Å²) in [5.41, 5.74) is 12.9. The van der Waals surface area contributed by atoms with Crippen molar-refractivity contribution in [2.75, 3.05) is 0 Å². The highest BCUT2D eigenvalue weighted by Crippen LogP contribution is 2.51. The van der Waals surface area contributed by atoms with E-state index in [2.05, 4.69) is 168 Å². The Bertz CT molecular complexity index is 3040. The SMILES string of the molecule is C1=CCC(c2c(-c3ccccc3)c3c4ccccc4oc3c3oc4ccc(-c5ccc6c(c5)c5ccccc5n6-c5ccccc5)cc4c23)C=C1. The molecule has 1 unspecified atom stereocenters. The Kier molecular flexibility index (Phi) is 6.08. The van der Waals surface area contributed by atoms with E-state index < -0.39 is 0 Å². The second kappa shape index (κ2) is 11.0. The fourth-order valence-corrected chi connectivity index (χ4v) is 8.50. The minimum Gasteiger partial charge on any atom is -0.452 e. The number of furan rings is 2. The third kappa shape index (κ3) is 4.18. The number of benzene rings is 7. The molecule has 0 saturated carbocycles. The second-order valence-corrected chi connectivity index (χ2v) is 13.5. The molecule has 1 aliphatic carbocycles. The molecule has 3 nitrogen and oxygen atoms in total. The molecule has 0 fully saturated rings. The highest BCUT2D eigenvalue weighted by molar-refractivity contribution is 6.26. The fourth-order valence-electron chi connectivity index (χ4n) is 8.50. The van der Waals surface area contributed by atoms with Gasteiger partial charge < -0.3 is 13.4 Å². The van der Waals surface area contributed by atoms with Crippen LogP contribution in [0.4, 0.5) is 0 Å². The van der Waals surface area contributed by atoms with E-state index in [4.69, 9.17) is 8.83 Å². The maximum atomic E-state index is 6.85. The first-order valence-corrected chi connectivity index (χ1v) is 17.6. The van der Waals surface area contributed by atoms with E-state index >= 15 is 0 Å². The fraction of sp³-hybridized carbons (Fsp3) is 0.0417. The van der Waals surface area contributed by atoms with Crippen LogP contribution in [0.2, 0.25) is 0 Å². The average molecular weight is 654 g/mol. The van der Waals surface area contributed by atoms with Gasteiger partial charge in [-0.25, -0.2) is 0 Å². The molecule has 7 aromatic carbocycles. The minimum atomic E-state index is 0.177. The molecule has 3 heterocycles. The Morgan fingerprint density at radius 2 is 1.14 bits per heavy atom. The summed E-state index contributed by atoms with van der Waals surface area (Å²) in [6.45, 7) is 0. The highest BCUT2D eigenvalue weighted by atomic mass is 16.4. The van der Waals surface area contributed by atoms with E-state index in [-0.39, 0.29) is 5.92 Å². The lowest BCUT2D eigenvalue weighted by Crippen LogP contribution is -2.01. The third-order valence-corrected chi connectivity index (χ3v) is 10.7. The number of rotatable bonds is 4. The van der Waals surface area contributed by atoms with Crippen molar-refractivity contribution in [3.05, 3.63) is 175 Å². The summed E-state index contributed by atoms with van der Waals surface area (Å²) < 4.78 is 15.9. The molecule has 0 spiro atoms. The summed E-state index contributed by atoms with van der Waals surface area (Å²) in [5.74, 6) is 0.177. The van der Waals surface area contributed by atoms with E-state index in [0.29, 0.717) is 0 Å². The summed E-state index contributed by atoms with van der Waals surface area (Å²) in [6, 6.07) is 52.0. The molecule has 1 atom stereocenters. The van der Waals surface area contributed by atoms with Crippen molar-refractivity contribution in [3.8, 4) is 27.9 Å². The maximum absolute atomic E-state index is 6.85. The van der Waals surface area contributed by atoms with Gasteiger partial charge in [-0.3, -0.25) is 0 Å². The van der Waals surface area contributed by atoms with Gasteiger partial charge in [-0.1, -0.05) is 121 Å². The van der Waals surface area contributed by atoms with Crippen LogP contribution in [-0.2, 0) is 0 Å². The molecule has 3 aromatic heterocycles. The Morgan fingerprint density at radius 3 is 1.94 bits per heavy atom. The quantitative estimate of drug-likeness (QED) is 0.189. The lowest BCUT2D eigenvalue weighted by atomic mass is 9.81. The Labute approximate surface area is 294 Å². The van der Waals surface area contributed by atoms with E-state index in [9.17, 15) is 0 Å². The van der Waals surface area contributed by atoms with Crippen LogP contribution in [0.25, 0.3) is 93.6 Å². The zero-order chi connectivity index (χ0) is 33.5. The summed E-state index contributed by atoms with van der Waals surface area (Å²) in [5, 5.41) is 6.93. The van der Waals surface area contributed by atoms with Gasteiger partial charge in [-0.2, -0.15) is 0 Å².